The van der Waals surface area contributed by atoms with Crippen LogP contribution in [0.2, 0.25) is 0 Å². The second kappa shape index (κ2) is 7.74. The van der Waals surface area contributed by atoms with Crippen molar-refractivity contribution < 1.29 is 22.4 Å². The van der Waals surface area contributed by atoms with Gasteiger partial charge in [-0.3, -0.25) is 0 Å². The first-order valence-electron chi connectivity index (χ1n) is 9.14. The maximum absolute atomic E-state index is 13.1. The molecule has 0 spiro atoms. The first-order chi connectivity index (χ1) is 14.3. The summed E-state index contributed by atoms with van der Waals surface area (Å²) in [6.45, 7) is 0.478. The Morgan fingerprint density at radius 1 is 1.07 bits per heavy atom. The van der Waals surface area contributed by atoms with Gasteiger partial charge in [0.05, 0.1) is 23.5 Å². The third-order valence-electron chi connectivity index (χ3n) is 4.80. The minimum atomic E-state index is -4.57. The lowest BCUT2D eigenvalue weighted by molar-refractivity contribution is -0.136. The second-order valence-electron chi connectivity index (χ2n) is 6.82. The topological polar surface area (TPSA) is 58.1 Å². The van der Waals surface area contributed by atoms with Crippen LogP contribution in [0.15, 0.2) is 54.7 Å². The summed E-state index contributed by atoms with van der Waals surface area (Å²) < 4.78 is 52.5. The summed E-state index contributed by atoms with van der Waals surface area (Å²) in [4.78, 5) is 22.7. The van der Waals surface area contributed by atoms with Crippen molar-refractivity contribution in [1.82, 2.24) is 14.9 Å². The predicted octanol–water partition coefficient (Wildman–Crippen LogP) is 4.89. The molecule has 2 amide bonds. The lowest BCUT2D eigenvalue weighted by atomic mass is 10.1. The molecule has 1 aliphatic rings. The van der Waals surface area contributed by atoms with Crippen molar-refractivity contribution in [1.29, 1.82) is 0 Å². The molecular weight excluding hydrogens is 400 g/mol. The van der Waals surface area contributed by atoms with Gasteiger partial charge in [0.25, 0.3) is 0 Å². The number of rotatable bonds is 2. The van der Waals surface area contributed by atoms with Gasteiger partial charge in [-0.15, -0.1) is 0 Å². The van der Waals surface area contributed by atoms with Crippen LogP contribution in [0.3, 0.4) is 0 Å². The SMILES string of the molecule is O=C(Nc1ccccc1C(F)(F)F)N1CCc2nc(-c3ccc(F)cc3)ncc2C1. The molecule has 0 aliphatic carbocycles. The number of halogens is 4. The molecule has 4 rings (SSSR count). The molecule has 1 N–H and O–H groups in total. The maximum atomic E-state index is 13.1. The van der Waals surface area contributed by atoms with Gasteiger partial charge in [-0.25, -0.2) is 19.2 Å². The molecule has 5 nitrogen and oxygen atoms in total. The number of benzene rings is 2. The summed E-state index contributed by atoms with van der Waals surface area (Å²) in [5.41, 5.74) is 0.949. The van der Waals surface area contributed by atoms with E-state index in [1.54, 1.807) is 18.3 Å². The number of nitrogens with zero attached hydrogens (tertiary/aromatic N) is 3. The van der Waals surface area contributed by atoms with Gasteiger partial charge in [0.15, 0.2) is 5.82 Å². The van der Waals surface area contributed by atoms with Crippen LogP contribution >= 0.6 is 0 Å². The third kappa shape index (κ3) is 4.10. The number of fused-ring (bicyclic) bond motifs is 1. The highest BCUT2D eigenvalue weighted by Gasteiger charge is 2.34. The van der Waals surface area contributed by atoms with E-state index in [1.165, 1.54) is 35.2 Å². The van der Waals surface area contributed by atoms with Crippen LogP contribution in [0, 0.1) is 5.82 Å². The van der Waals surface area contributed by atoms with Crippen molar-refractivity contribution in [3.05, 3.63) is 77.4 Å². The van der Waals surface area contributed by atoms with E-state index in [1.807, 2.05) is 0 Å². The minimum Gasteiger partial charge on any atom is -0.320 e. The number of carbonyl (C=O) groups excluding carboxylic acids is 1. The first kappa shape index (κ1) is 19.8. The smallest absolute Gasteiger partial charge is 0.320 e. The molecule has 0 radical (unpaired) electrons. The van der Waals surface area contributed by atoms with Crippen molar-refractivity contribution >= 4 is 11.7 Å². The van der Waals surface area contributed by atoms with E-state index < -0.39 is 17.8 Å². The Bertz CT molecular complexity index is 1080. The Hall–Kier alpha value is -3.49. The Labute approximate surface area is 169 Å². The van der Waals surface area contributed by atoms with Crippen LogP contribution in [0.1, 0.15) is 16.8 Å². The number of anilines is 1. The molecule has 0 bridgehead atoms. The predicted molar refractivity (Wildman–Crippen MR) is 102 cm³/mol. The number of alkyl halides is 3. The molecule has 2 aromatic carbocycles. The number of amides is 2. The largest absolute Gasteiger partial charge is 0.418 e. The summed E-state index contributed by atoms with van der Waals surface area (Å²) in [6, 6.07) is 10.0. The van der Waals surface area contributed by atoms with Gasteiger partial charge in [-0.1, -0.05) is 12.1 Å². The monoisotopic (exact) mass is 416 g/mol. The molecule has 2 heterocycles. The molecule has 0 atom stereocenters. The second-order valence-corrected chi connectivity index (χ2v) is 6.82. The number of urea groups is 1. The van der Waals surface area contributed by atoms with Crippen molar-refractivity contribution in [3.63, 3.8) is 0 Å². The molecule has 1 aromatic heterocycles. The van der Waals surface area contributed by atoms with Crippen LogP contribution in [-0.2, 0) is 19.1 Å². The van der Waals surface area contributed by atoms with E-state index in [0.29, 0.717) is 29.9 Å². The van der Waals surface area contributed by atoms with E-state index in [-0.39, 0.29) is 18.0 Å². The number of hydrogen-bond acceptors (Lipinski definition) is 3. The summed E-state index contributed by atoms with van der Waals surface area (Å²) in [5.74, 6) is 0.0937. The van der Waals surface area contributed by atoms with Crippen LogP contribution in [0.5, 0.6) is 0 Å². The lowest BCUT2D eigenvalue weighted by Gasteiger charge is -2.28. The van der Waals surface area contributed by atoms with Gasteiger partial charge in [-0.2, -0.15) is 13.2 Å². The van der Waals surface area contributed by atoms with Crippen LogP contribution in [0.25, 0.3) is 11.4 Å². The van der Waals surface area contributed by atoms with E-state index in [0.717, 1.165) is 11.8 Å². The fraction of sp³-hybridized carbons (Fsp3) is 0.190. The van der Waals surface area contributed by atoms with Crippen LogP contribution in [0.4, 0.5) is 28.0 Å². The number of hydrogen-bond donors (Lipinski definition) is 1. The lowest BCUT2D eigenvalue weighted by Crippen LogP contribution is -2.39. The Morgan fingerprint density at radius 3 is 2.53 bits per heavy atom. The van der Waals surface area contributed by atoms with Gasteiger partial charge < -0.3 is 10.2 Å². The van der Waals surface area contributed by atoms with Gasteiger partial charge in [0.1, 0.15) is 5.82 Å². The Morgan fingerprint density at radius 2 is 1.80 bits per heavy atom. The average molecular weight is 416 g/mol. The van der Waals surface area contributed by atoms with Crippen LogP contribution in [-0.4, -0.2) is 27.4 Å². The molecule has 0 unspecified atom stereocenters. The number of nitrogens with one attached hydrogen (secondary N) is 1. The average Bonchev–Trinajstić information content (AvgIpc) is 2.73. The maximum Gasteiger partial charge on any atom is 0.418 e. The number of aromatic nitrogens is 2. The van der Waals surface area contributed by atoms with Crippen molar-refractivity contribution in [2.45, 2.75) is 19.1 Å². The van der Waals surface area contributed by atoms with Gasteiger partial charge in [0, 0.05) is 30.3 Å². The molecule has 154 valence electrons. The number of para-hydroxylation sites is 1. The highest BCUT2D eigenvalue weighted by Crippen LogP contribution is 2.34. The normalized spacial score (nSPS) is 13.7. The van der Waals surface area contributed by atoms with Gasteiger partial charge >= 0.3 is 12.2 Å². The summed E-state index contributed by atoms with van der Waals surface area (Å²) in [6.07, 6.45) is -2.55. The highest BCUT2D eigenvalue weighted by molar-refractivity contribution is 5.90. The minimum absolute atomic E-state index is 0.180. The Kier molecular flexibility index (Phi) is 5.11. The van der Waals surface area contributed by atoms with Gasteiger partial charge in [0.2, 0.25) is 0 Å². The molecular formula is C21H16F4N4O. The third-order valence-corrected chi connectivity index (χ3v) is 4.80. The van der Waals surface area contributed by atoms with Crippen LogP contribution < -0.4 is 5.32 Å². The summed E-state index contributed by atoms with van der Waals surface area (Å²) in [5, 5.41) is 2.35. The standard InChI is InChI=1S/C21H16F4N4O/c22-15-7-5-13(6-8-15)19-26-11-14-12-29(10-9-17(14)27-19)20(30)28-18-4-2-1-3-16(18)21(23,24)25/h1-8,11H,9-10,12H2,(H,28,30). The summed E-state index contributed by atoms with van der Waals surface area (Å²) >= 11 is 0. The van der Waals surface area contributed by atoms with E-state index in [2.05, 4.69) is 15.3 Å². The molecule has 9 heteroatoms. The zero-order chi connectivity index (χ0) is 21.3. The molecule has 0 fully saturated rings. The van der Waals surface area contributed by atoms with Gasteiger partial charge in [-0.05, 0) is 36.4 Å². The zero-order valence-electron chi connectivity index (χ0n) is 15.6. The molecule has 3 aromatic rings. The fourth-order valence-electron chi connectivity index (χ4n) is 3.26. The highest BCUT2D eigenvalue weighted by atomic mass is 19.4. The molecule has 1 aliphatic heterocycles. The summed E-state index contributed by atoms with van der Waals surface area (Å²) in [7, 11) is 0. The molecule has 0 saturated carbocycles. The van der Waals surface area contributed by atoms with E-state index in [4.69, 9.17) is 0 Å². The molecule has 0 saturated heterocycles. The van der Waals surface area contributed by atoms with Crippen molar-refractivity contribution in [2.75, 3.05) is 11.9 Å². The van der Waals surface area contributed by atoms with Crippen molar-refractivity contribution in [2.24, 2.45) is 0 Å². The quantitative estimate of drug-likeness (QED) is 0.605. The zero-order valence-corrected chi connectivity index (χ0v) is 15.6. The Balaban J connectivity index is 1.50. The number of carbonyl (C=O) groups is 1. The van der Waals surface area contributed by atoms with Crippen molar-refractivity contribution in [3.8, 4) is 11.4 Å². The fourth-order valence-corrected chi connectivity index (χ4v) is 3.26. The first-order valence-corrected chi connectivity index (χ1v) is 9.14. The molecule has 30 heavy (non-hydrogen) atoms. The van der Waals surface area contributed by atoms with E-state index >= 15 is 0 Å². The van der Waals surface area contributed by atoms with E-state index in [9.17, 15) is 22.4 Å².